The number of hydrogen-bond acceptors (Lipinski definition) is 4. The van der Waals surface area contributed by atoms with Gasteiger partial charge in [0, 0.05) is 30.2 Å². The van der Waals surface area contributed by atoms with Crippen molar-refractivity contribution in [3.05, 3.63) is 70.0 Å². The van der Waals surface area contributed by atoms with E-state index in [2.05, 4.69) is 6.58 Å². The SMILES string of the molecule is C=C1CCc2c(sc(N)c2C=O)/C1=C/N(C)Cc1ccc(F)cc1. The molecular formula is C19H19FN2OS. The highest BCUT2D eigenvalue weighted by atomic mass is 32.1. The Hall–Kier alpha value is -2.40. The van der Waals surface area contributed by atoms with E-state index >= 15 is 0 Å². The molecule has 1 aliphatic carbocycles. The third-order valence-corrected chi connectivity index (χ3v) is 5.30. The van der Waals surface area contributed by atoms with Crippen molar-refractivity contribution in [2.75, 3.05) is 12.8 Å². The fourth-order valence-corrected chi connectivity index (χ4v) is 4.10. The van der Waals surface area contributed by atoms with Crippen molar-refractivity contribution in [2.24, 2.45) is 0 Å². The van der Waals surface area contributed by atoms with Crippen LogP contribution in [-0.2, 0) is 13.0 Å². The molecule has 0 radical (unpaired) electrons. The molecule has 2 N–H and O–H groups in total. The Balaban J connectivity index is 1.90. The monoisotopic (exact) mass is 342 g/mol. The molecule has 1 aromatic heterocycles. The summed E-state index contributed by atoms with van der Waals surface area (Å²) in [5, 5.41) is 0.566. The van der Waals surface area contributed by atoms with Crippen LogP contribution < -0.4 is 5.73 Å². The van der Waals surface area contributed by atoms with Gasteiger partial charge >= 0.3 is 0 Å². The molecule has 3 nitrogen and oxygen atoms in total. The molecule has 1 aromatic carbocycles. The summed E-state index contributed by atoms with van der Waals surface area (Å²) < 4.78 is 13.0. The lowest BCUT2D eigenvalue weighted by Gasteiger charge is -2.22. The van der Waals surface area contributed by atoms with Crippen LogP contribution >= 0.6 is 11.3 Å². The lowest BCUT2D eigenvalue weighted by molar-refractivity contribution is 0.112. The third kappa shape index (κ3) is 3.12. The van der Waals surface area contributed by atoms with Crippen molar-refractivity contribution >= 4 is 28.2 Å². The standard InChI is InChI=1S/C19H19FN2OS/c1-12-3-8-15-17(11-23)19(21)24-18(15)16(12)10-22(2)9-13-4-6-14(20)7-5-13/h4-7,10-11H,1,3,8-9,21H2,2H3/b16-10+. The minimum atomic E-state index is -0.236. The fourth-order valence-electron chi connectivity index (χ4n) is 2.96. The van der Waals surface area contributed by atoms with Crippen LogP contribution in [0, 0.1) is 5.82 Å². The van der Waals surface area contributed by atoms with Gasteiger partial charge in [-0.05, 0) is 41.7 Å². The van der Waals surface area contributed by atoms with Crippen molar-refractivity contribution in [3.8, 4) is 0 Å². The number of nitrogens with two attached hydrogens (primary N) is 1. The summed E-state index contributed by atoms with van der Waals surface area (Å²) in [6, 6.07) is 6.48. The molecule has 124 valence electrons. The van der Waals surface area contributed by atoms with E-state index < -0.39 is 0 Å². The Morgan fingerprint density at radius 3 is 2.71 bits per heavy atom. The van der Waals surface area contributed by atoms with Crippen LogP contribution in [-0.4, -0.2) is 18.2 Å². The molecule has 3 rings (SSSR count). The van der Waals surface area contributed by atoms with Crippen LogP contribution in [0.5, 0.6) is 0 Å². The molecule has 0 spiro atoms. The molecule has 0 saturated heterocycles. The molecule has 0 aliphatic heterocycles. The van der Waals surface area contributed by atoms with E-state index in [1.807, 2.05) is 18.1 Å². The zero-order valence-electron chi connectivity index (χ0n) is 13.5. The summed E-state index contributed by atoms with van der Waals surface area (Å²) in [5.41, 5.74) is 10.7. The quantitative estimate of drug-likeness (QED) is 0.845. The summed E-state index contributed by atoms with van der Waals surface area (Å²) in [4.78, 5) is 14.4. The van der Waals surface area contributed by atoms with E-state index in [0.29, 0.717) is 17.1 Å². The lowest BCUT2D eigenvalue weighted by atomic mass is 9.89. The number of aldehydes is 1. The maximum absolute atomic E-state index is 13.0. The number of rotatable bonds is 4. The van der Waals surface area contributed by atoms with Gasteiger partial charge in [-0.25, -0.2) is 4.39 Å². The molecule has 0 saturated carbocycles. The molecule has 0 amide bonds. The summed E-state index contributed by atoms with van der Waals surface area (Å²) in [6.07, 6.45) is 4.50. The summed E-state index contributed by atoms with van der Waals surface area (Å²) in [5.74, 6) is -0.236. The van der Waals surface area contributed by atoms with Gasteiger partial charge in [0.1, 0.15) is 5.82 Å². The molecule has 0 fully saturated rings. The van der Waals surface area contributed by atoms with Crippen LogP contribution in [0.3, 0.4) is 0 Å². The number of halogens is 1. The van der Waals surface area contributed by atoms with Crippen molar-refractivity contribution in [1.29, 1.82) is 0 Å². The van der Waals surface area contributed by atoms with Crippen LogP contribution in [0.4, 0.5) is 9.39 Å². The van der Waals surface area contributed by atoms with E-state index in [0.717, 1.165) is 46.3 Å². The molecular weight excluding hydrogens is 323 g/mol. The molecule has 1 heterocycles. The predicted octanol–water partition coefficient (Wildman–Crippen LogP) is 4.26. The van der Waals surface area contributed by atoms with Crippen molar-refractivity contribution < 1.29 is 9.18 Å². The number of benzene rings is 1. The molecule has 24 heavy (non-hydrogen) atoms. The van der Waals surface area contributed by atoms with E-state index in [4.69, 9.17) is 5.73 Å². The van der Waals surface area contributed by atoms with Crippen molar-refractivity contribution in [3.63, 3.8) is 0 Å². The Morgan fingerprint density at radius 1 is 1.33 bits per heavy atom. The highest BCUT2D eigenvalue weighted by Crippen LogP contribution is 2.43. The number of nitrogen functional groups attached to an aromatic ring is 1. The predicted molar refractivity (Wildman–Crippen MR) is 97.4 cm³/mol. The second-order valence-corrected chi connectivity index (χ2v) is 7.05. The zero-order chi connectivity index (χ0) is 17.3. The maximum atomic E-state index is 13.0. The molecule has 0 unspecified atom stereocenters. The van der Waals surface area contributed by atoms with Crippen LogP contribution in [0.25, 0.3) is 5.57 Å². The second-order valence-electron chi connectivity index (χ2n) is 5.99. The van der Waals surface area contributed by atoms with E-state index in [1.54, 1.807) is 12.1 Å². The summed E-state index contributed by atoms with van der Waals surface area (Å²) in [6.45, 7) is 4.82. The molecule has 5 heteroatoms. The van der Waals surface area contributed by atoms with Gasteiger partial charge in [-0.2, -0.15) is 0 Å². The lowest BCUT2D eigenvalue weighted by Crippen LogP contribution is -2.13. The van der Waals surface area contributed by atoms with Gasteiger partial charge in [0.15, 0.2) is 6.29 Å². The number of carbonyl (C=O) groups excluding carboxylic acids is 1. The summed E-state index contributed by atoms with van der Waals surface area (Å²) in [7, 11) is 1.97. The number of fused-ring (bicyclic) bond motifs is 1. The first-order valence-corrected chi connectivity index (χ1v) is 8.52. The first kappa shape index (κ1) is 16.5. The molecule has 1 aliphatic rings. The first-order chi connectivity index (χ1) is 11.5. The van der Waals surface area contributed by atoms with Crippen molar-refractivity contribution in [1.82, 2.24) is 4.90 Å². The Bertz CT molecular complexity index is 821. The van der Waals surface area contributed by atoms with E-state index in [1.165, 1.54) is 23.5 Å². The Kier molecular flexibility index (Phi) is 4.53. The normalized spacial score (nSPS) is 15.4. The molecule has 2 aromatic rings. The number of hydrogen-bond donors (Lipinski definition) is 1. The van der Waals surface area contributed by atoms with E-state index in [9.17, 15) is 9.18 Å². The third-order valence-electron chi connectivity index (χ3n) is 4.19. The molecule has 0 atom stereocenters. The van der Waals surface area contributed by atoms with Crippen LogP contribution in [0.1, 0.15) is 32.8 Å². The minimum absolute atomic E-state index is 0.236. The van der Waals surface area contributed by atoms with Gasteiger partial charge in [-0.1, -0.05) is 18.7 Å². The highest BCUT2D eigenvalue weighted by Gasteiger charge is 2.24. The fraction of sp³-hybridized carbons (Fsp3) is 0.211. The van der Waals surface area contributed by atoms with Gasteiger partial charge in [-0.3, -0.25) is 4.79 Å². The Labute approximate surface area is 144 Å². The van der Waals surface area contributed by atoms with Gasteiger partial charge in [0.05, 0.1) is 10.6 Å². The average molecular weight is 342 g/mol. The topological polar surface area (TPSA) is 46.3 Å². The first-order valence-electron chi connectivity index (χ1n) is 7.71. The molecule has 0 bridgehead atoms. The van der Waals surface area contributed by atoms with Gasteiger partial charge in [0.2, 0.25) is 0 Å². The second kappa shape index (κ2) is 6.61. The van der Waals surface area contributed by atoms with Crippen LogP contribution in [0.2, 0.25) is 0 Å². The minimum Gasteiger partial charge on any atom is -0.390 e. The number of carbonyl (C=O) groups is 1. The average Bonchev–Trinajstić information content (AvgIpc) is 2.88. The summed E-state index contributed by atoms with van der Waals surface area (Å²) >= 11 is 1.44. The smallest absolute Gasteiger partial charge is 0.153 e. The maximum Gasteiger partial charge on any atom is 0.153 e. The van der Waals surface area contributed by atoms with Gasteiger partial charge in [0.25, 0.3) is 0 Å². The van der Waals surface area contributed by atoms with Gasteiger partial charge in [-0.15, -0.1) is 11.3 Å². The van der Waals surface area contributed by atoms with Gasteiger partial charge < -0.3 is 10.6 Å². The van der Waals surface area contributed by atoms with Crippen molar-refractivity contribution in [2.45, 2.75) is 19.4 Å². The zero-order valence-corrected chi connectivity index (χ0v) is 14.3. The van der Waals surface area contributed by atoms with Crippen LogP contribution in [0.15, 0.2) is 42.6 Å². The number of nitrogens with zero attached hydrogens (tertiary/aromatic N) is 1. The largest absolute Gasteiger partial charge is 0.390 e. The number of anilines is 1. The van der Waals surface area contributed by atoms with E-state index in [-0.39, 0.29) is 5.82 Å². The number of allylic oxidation sites excluding steroid dienone is 2. The highest BCUT2D eigenvalue weighted by molar-refractivity contribution is 7.17. The Morgan fingerprint density at radius 2 is 2.04 bits per heavy atom. The number of thiophene rings is 1.